The molecule has 94 valence electrons. The highest BCUT2D eigenvalue weighted by Crippen LogP contribution is 2.18. The lowest BCUT2D eigenvalue weighted by Crippen LogP contribution is -1.96. The summed E-state index contributed by atoms with van der Waals surface area (Å²) in [5.41, 5.74) is 1.84. The SMILES string of the molecule is Fc1cc(F)cc(-n2cc(-c3ccccc3)nn2)c1. The Morgan fingerprint density at radius 3 is 2.26 bits per heavy atom. The van der Waals surface area contributed by atoms with E-state index in [9.17, 15) is 8.78 Å². The normalized spacial score (nSPS) is 10.6. The number of hydrogen-bond donors (Lipinski definition) is 0. The Morgan fingerprint density at radius 1 is 0.895 bits per heavy atom. The Kier molecular flexibility index (Phi) is 2.79. The van der Waals surface area contributed by atoms with E-state index in [-0.39, 0.29) is 0 Å². The molecule has 1 heterocycles. The predicted molar refractivity (Wildman–Crippen MR) is 66.7 cm³/mol. The van der Waals surface area contributed by atoms with Gasteiger partial charge in [-0.1, -0.05) is 35.5 Å². The molecular formula is C14H9F2N3. The molecule has 0 amide bonds. The molecule has 1 aromatic heterocycles. The zero-order chi connectivity index (χ0) is 13.2. The lowest BCUT2D eigenvalue weighted by atomic mass is 10.2. The van der Waals surface area contributed by atoms with Crippen LogP contribution < -0.4 is 0 Å². The average Bonchev–Trinajstić information content (AvgIpc) is 2.88. The zero-order valence-electron chi connectivity index (χ0n) is 9.79. The third-order valence-corrected chi connectivity index (χ3v) is 2.67. The maximum absolute atomic E-state index is 13.1. The fraction of sp³-hybridized carbons (Fsp3) is 0. The second kappa shape index (κ2) is 4.61. The number of rotatable bonds is 2. The molecule has 0 atom stereocenters. The quantitative estimate of drug-likeness (QED) is 0.705. The van der Waals surface area contributed by atoms with E-state index in [2.05, 4.69) is 10.3 Å². The molecule has 0 N–H and O–H groups in total. The minimum absolute atomic E-state index is 0.298. The average molecular weight is 257 g/mol. The summed E-state index contributed by atoms with van der Waals surface area (Å²) in [7, 11) is 0. The molecule has 3 aromatic rings. The minimum atomic E-state index is -0.647. The topological polar surface area (TPSA) is 30.7 Å². The molecule has 0 spiro atoms. The van der Waals surface area contributed by atoms with E-state index in [1.54, 1.807) is 6.20 Å². The van der Waals surface area contributed by atoms with Gasteiger partial charge in [0.1, 0.15) is 17.3 Å². The molecule has 0 radical (unpaired) electrons. The maximum atomic E-state index is 13.1. The van der Waals surface area contributed by atoms with Crippen LogP contribution in [0.5, 0.6) is 0 Å². The standard InChI is InChI=1S/C14H9F2N3/c15-11-6-12(16)8-13(7-11)19-9-14(17-18-19)10-4-2-1-3-5-10/h1-9H. The molecule has 3 nitrogen and oxygen atoms in total. The molecule has 2 aromatic carbocycles. The van der Waals surface area contributed by atoms with Gasteiger partial charge in [-0.05, 0) is 12.1 Å². The van der Waals surface area contributed by atoms with Gasteiger partial charge in [-0.2, -0.15) is 0 Å². The van der Waals surface area contributed by atoms with Gasteiger partial charge in [-0.3, -0.25) is 0 Å². The van der Waals surface area contributed by atoms with Crippen molar-refractivity contribution in [3.8, 4) is 16.9 Å². The summed E-state index contributed by atoms with van der Waals surface area (Å²) in [6, 6.07) is 12.7. The van der Waals surface area contributed by atoms with Crippen LogP contribution in [-0.2, 0) is 0 Å². The number of nitrogens with zero attached hydrogens (tertiary/aromatic N) is 3. The van der Waals surface area contributed by atoms with Crippen molar-refractivity contribution in [1.82, 2.24) is 15.0 Å². The first-order chi connectivity index (χ1) is 9.22. The molecule has 0 fully saturated rings. The molecule has 19 heavy (non-hydrogen) atoms. The first-order valence-corrected chi connectivity index (χ1v) is 5.66. The molecule has 0 bridgehead atoms. The van der Waals surface area contributed by atoms with Crippen molar-refractivity contribution >= 4 is 0 Å². The van der Waals surface area contributed by atoms with Gasteiger partial charge >= 0.3 is 0 Å². The highest BCUT2D eigenvalue weighted by molar-refractivity contribution is 5.57. The van der Waals surface area contributed by atoms with Crippen LogP contribution in [0.15, 0.2) is 54.7 Å². The van der Waals surface area contributed by atoms with Crippen LogP contribution in [0, 0.1) is 11.6 Å². The highest BCUT2D eigenvalue weighted by atomic mass is 19.1. The number of benzene rings is 2. The van der Waals surface area contributed by atoms with Crippen molar-refractivity contribution in [2.75, 3.05) is 0 Å². The molecule has 0 unspecified atom stereocenters. The summed E-state index contributed by atoms with van der Waals surface area (Å²) >= 11 is 0. The van der Waals surface area contributed by atoms with Gasteiger partial charge in [-0.15, -0.1) is 5.10 Å². The molecule has 5 heteroatoms. The summed E-state index contributed by atoms with van der Waals surface area (Å²) in [4.78, 5) is 0. The summed E-state index contributed by atoms with van der Waals surface area (Å²) in [5.74, 6) is -1.29. The van der Waals surface area contributed by atoms with Crippen molar-refractivity contribution < 1.29 is 8.78 Å². The molecule has 0 saturated carbocycles. The van der Waals surface area contributed by atoms with Crippen molar-refractivity contribution in [1.29, 1.82) is 0 Å². The van der Waals surface area contributed by atoms with Crippen LogP contribution in [0.3, 0.4) is 0 Å². The second-order valence-electron chi connectivity index (χ2n) is 4.04. The first-order valence-electron chi connectivity index (χ1n) is 5.66. The third-order valence-electron chi connectivity index (χ3n) is 2.67. The van der Waals surface area contributed by atoms with Crippen LogP contribution in [0.2, 0.25) is 0 Å². The highest BCUT2D eigenvalue weighted by Gasteiger charge is 2.07. The summed E-state index contributed by atoms with van der Waals surface area (Å²) in [5, 5.41) is 7.87. The van der Waals surface area contributed by atoms with Crippen LogP contribution >= 0.6 is 0 Å². The molecule has 0 aliphatic carbocycles. The van der Waals surface area contributed by atoms with Crippen LogP contribution in [0.25, 0.3) is 16.9 Å². The Balaban J connectivity index is 2.02. The van der Waals surface area contributed by atoms with Gasteiger partial charge in [-0.25, -0.2) is 13.5 Å². The third kappa shape index (κ3) is 2.35. The molecular weight excluding hydrogens is 248 g/mol. The van der Waals surface area contributed by atoms with E-state index >= 15 is 0 Å². The summed E-state index contributed by atoms with van der Waals surface area (Å²) in [6.07, 6.45) is 1.63. The number of aromatic nitrogens is 3. The van der Waals surface area contributed by atoms with E-state index in [1.807, 2.05) is 30.3 Å². The van der Waals surface area contributed by atoms with Crippen molar-refractivity contribution in [3.63, 3.8) is 0 Å². The summed E-state index contributed by atoms with van der Waals surface area (Å²) < 4.78 is 27.6. The van der Waals surface area contributed by atoms with Crippen LogP contribution in [0.4, 0.5) is 8.78 Å². The smallest absolute Gasteiger partial charge is 0.128 e. The van der Waals surface area contributed by atoms with E-state index in [0.717, 1.165) is 11.6 Å². The number of hydrogen-bond acceptors (Lipinski definition) is 2. The Hall–Kier alpha value is -2.56. The van der Waals surface area contributed by atoms with Crippen molar-refractivity contribution in [2.24, 2.45) is 0 Å². The van der Waals surface area contributed by atoms with E-state index < -0.39 is 11.6 Å². The van der Waals surface area contributed by atoms with Gasteiger partial charge < -0.3 is 0 Å². The lowest BCUT2D eigenvalue weighted by Gasteiger charge is -2.00. The fourth-order valence-electron chi connectivity index (χ4n) is 1.80. The van der Waals surface area contributed by atoms with Gasteiger partial charge in [0.2, 0.25) is 0 Å². The predicted octanol–water partition coefficient (Wildman–Crippen LogP) is 3.21. The first kappa shape index (κ1) is 11.5. The minimum Gasteiger partial charge on any atom is -0.220 e. The lowest BCUT2D eigenvalue weighted by molar-refractivity contribution is 0.579. The monoisotopic (exact) mass is 257 g/mol. The van der Waals surface area contributed by atoms with E-state index in [4.69, 9.17) is 0 Å². The van der Waals surface area contributed by atoms with Crippen LogP contribution in [-0.4, -0.2) is 15.0 Å². The zero-order valence-corrected chi connectivity index (χ0v) is 9.79. The van der Waals surface area contributed by atoms with Crippen LogP contribution in [0.1, 0.15) is 0 Å². The Labute approximate surface area is 108 Å². The van der Waals surface area contributed by atoms with Crippen molar-refractivity contribution in [3.05, 3.63) is 66.4 Å². The van der Waals surface area contributed by atoms with Gasteiger partial charge in [0.05, 0.1) is 11.9 Å². The second-order valence-corrected chi connectivity index (χ2v) is 4.04. The largest absolute Gasteiger partial charge is 0.220 e. The van der Waals surface area contributed by atoms with Gasteiger partial charge in [0.25, 0.3) is 0 Å². The fourth-order valence-corrected chi connectivity index (χ4v) is 1.80. The molecule has 0 aliphatic heterocycles. The Bertz CT molecular complexity index is 687. The molecule has 0 saturated heterocycles. The molecule has 3 rings (SSSR count). The Morgan fingerprint density at radius 2 is 1.58 bits per heavy atom. The van der Waals surface area contributed by atoms with E-state index in [1.165, 1.54) is 16.8 Å². The van der Waals surface area contributed by atoms with Gasteiger partial charge in [0.15, 0.2) is 0 Å². The summed E-state index contributed by atoms with van der Waals surface area (Å²) in [6.45, 7) is 0. The molecule has 0 aliphatic rings. The van der Waals surface area contributed by atoms with Gasteiger partial charge in [0, 0.05) is 11.6 Å². The van der Waals surface area contributed by atoms with Crippen molar-refractivity contribution in [2.45, 2.75) is 0 Å². The number of halogens is 2. The maximum Gasteiger partial charge on any atom is 0.128 e. The van der Waals surface area contributed by atoms with E-state index in [0.29, 0.717) is 11.4 Å².